The first-order valence-electron chi connectivity index (χ1n) is 8.81. The third kappa shape index (κ3) is 4.94. The number of carbonyl (C=O) groups excluding carboxylic acids is 2. The summed E-state index contributed by atoms with van der Waals surface area (Å²) in [6, 6.07) is 9.28. The zero-order valence-electron chi connectivity index (χ0n) is 15.6. The number of amides is 1. The van der Waals surface area contributed by atoms with E-state index in [1.165, 1.54) is 4.90 Å². The number of likely N-dealkylation sites (tertiary alicyclic amines) is 1. The first kappa shape index (κ1) is 20.2. The summed E-state index contributed by atoms with van der Waals surface area (Å²) in [6.45, 7) is 4.98. The second-order valence-electron chi connectivity index (χ2n) is 7.27. The van der Waals surface area contributed by atoms with E-state index in [9.17, 15) is 14.0 Å². The summed E-state index contributed by atoms with van der Waals surface area (Å²) in [5, 5.41) is 2.87. The molecule has 1 N–H and O–H groups in total. The van der Waals surface area contributed by atoms with Crippen molar-refractivity contribution in [2.45, 2.75) is 51.5 Å². The van der Waals surface area contributed by atoms with Gasteiger partial charge in [0.1, 0.15) is 18.9 Å². The molecule has 0 spiro atoms. The molecule has 6 nitrogen and oxygen atoms in total. The molecule has 0 aromatic heterocycles. The van der Waals surface area contributed by atoms with Crippen LogP contribution in [0.25, 0.3) is 0 Å². The van der Waals surface area contributed by atoms with Gasteiger partial charge in [-0.3, -0.25) is 10.2 Å². The number of ether oxygens (including phenoxy) is 2. The lowest BCUT2D eigenvalue weighted by Gasteiger charge is -2.38. The van der Waals surface area contributed by atoms with E-state index in [-0.39, 0.29) is 13.2 Å². The van der Waals surface area contributed by atoms with E-state index in [1.807, 2.05) is 30.3 Å². The first-order valence-corrected chi connectivity index (χ1v) is 8.81. The largest absolute Gasteiger partial charge is 0.457 e. The van der Waals surface area contributed by atoms with Gasteiger partial charge in [-0.15, -0.1) is 0 Å². The van der Waals surface area contributed by atoms with Gasteiger partial charge in [-0.25, -0.2) is 14.0 Å². The third-order valence-electron chi connectivity index (χ3n) is 4.06. The molecule has 1 aromatic rings. The number of rotatable bonds is 6. The van der Waals surface area contributed by atoms with Crippen LogP contribution in [0.1, 0.15) is 39.2 Å². The van der Waals surface area contributed by atoms with Crippen molar-refractivity contribution >= 4 is 12.1 Å². The lowest BCUT2D eigenvalue weighted by Crippen LogP contribution is -2.64. The van der Waals surface area contributed by atoms with Crippen molar-refractivity contribution in [1.29, 1.82) is 0 Å². The Balaban J connectivity index is 2.14. The third-order valence-corrected chi connectivity index (χ3v) is 4.06. The monoisotopic (exact) mass is 366 g/mol. The van der Waals surface area contributed by atoms with Crippen molar-refractivity contribution in [3.63, 3.8) is 0 Å². The van der Waals surface area contributed by atoms with Crippen LogP contribution < -0.4 is 5.32 Å². The summed E-state index contributed by atoms with van der Waals surface area (Å²) >= 11 is 0. The van der Waals surface area contributed by atoms with Gasteiger partial charge in [0.05, 0.1) is 0 Å². The van der Waals surface area contributed by atoms with Crippen LogP contribution in [0, 0.1) is 0 Å². The molecule has 0 bridgehead atoms. The second-order valence-corrected chi connectivity index (χ2v) is 7.27. The van der Waals surface area contributed by atoms with Crippen molar-refractivity contribution in [2.24, 2.45) is 0 Å². The highest BCUT2D eigenvalue weighted by Gasteiger charge is 2.52. The van der Waals surface area contributed by atoms with Gasteiger partial charge in [-0.1, -0.05) is 30.3 Å². The Bertz CT molecular complexity index is 618. The summed E-state index contributed by atoms with van der Waals surface area (Å²) in [5.74, 6) is -0.590. The molecule has 7 heteroatoms. The maximum absolute atomic E-state index is 12.8. The lowest BCUT2D eigenvalue weighted by molar-refractivity contribution is -0.169. The number of alkyl halides is 1. The van der Waals surface area contributed by atoms with Gasteiger partial charge in [0.2, 0.25) is 0 Å². The van der Waals surface area contributed by atoms with Gasteiger partial charge in [-0.2, -0.15) is 0 Å². The van der Waals surface area contributed by atoms with Crippen LogP contribution in [0.5, 0.6) is 0 Å². The van der Waals surface area contributed by atoms with Crippen LogP contribution in [0.2, 0.25) is 0 Å². The minimum Gasteiger partial charge on any atom is -0.457 e. The number of nitrogens with zero attached hydrogens (tertiary/aromatic N) is 1. The van der Waals surface area contributed by atoms with Crippen LogP contribution in [0.15, 0.2) is 30.3 Å². The minimum atomic E-state index is -1.40. The molecule has 1 aromatic carbocycles. The standard InChI is InChI=1S/C19H27FN2O4/c1-18(2,3)26-16(23)19(21-12-11-20)10-7-13-22(19)17(24)25-14-15-8-5-4-6-9-15/h4-6,8-9,21H,7,10-14H2,1-3H3. The van der Waals surface area contributed by atoms with E-state index in [1.54, 1.807) is 20.8 Å². The number of halogens is 1. The summed E-state index contributed by atoms with van der Waals surface area (Å²) in [5.41, 5.74) is -1.27. The first-order chi connectivity index (χ1) is 12.3. The molecule has 1 amide bonds. The van der Waals surface area contributed by atoms with Gasteiger partial charge in [0.15, 0.2) is 5.66 Å². The summed E-state index contributed by atoms with van der Waals surface area (Å²) in [4.78, 5) is 26.8. The Morgan fingerprint density at radius 3 is 2.58 bits per heavy atom. The Morgan fingerprint density at radius 1 is 1.27 bits per heavy atom. The molecule has 1 atom stereocenters. The van der Waals surface area contributed by atoms with E-state index >= 15 is 0 Å². The van der Waals surface area contributed by atoms with Gasteiger partial charge in [0.25, 0.3) is 0 Å². The van der Waals surface area contributed by atoms with Gasteiger partial charge in [0, 0.05) is 13.1 Å². The summed E-state index contributed by atoms with van der Waals surface area (Å²) in [6.07, 6.45) is 0.324. The Hall–Kier alpha value is -2.15. The van der Waals surface area contributed by atoms with Crippen LogP contribution in [-0.2, 0) is 20.9 Å². The zero-order chi connectivity index (χ0) is 19.2. The molecule has 26 heavy (non-hydrogen) atoms. The molecule has 1 aliphatic heterocycles. The van der Waals surface area contributed by atoms with Crippen molar-refractivity contribution in [2.75, 3.05) is 19.8 Å². The van der Waals surface area contributed by atoms with Gasteiger partial charge in [-0.05, 0) is 39.2 Å². The lowest BCUT2D eigenvalue weighted by atomic mass is 10.1. The number of hydrogen-bond donors (Lipinski definition) is 1. The SMILES string of the molecule is CC(C)(C)OC(=O)C1(NCCF)CCCN1C(=O)OCc1ccccc1. The molecule has 2 rings (SSSR count). The molecule has 1 saturated heterocycles. The molecule has 0 saturated carbocycles. The van der Waals surface area contributed by atoms with E-state index in [4.69, 9.17) is 9.47 Å². The predicted molar refractivity (Wildman–Crippen MR) is 95.1 cm³/mol. The predicted octanol–water partition coefficient (Wildman–Crippen LogP) is 3.02. The van der Waals surface area contributed by atoms with E-state index in [0.29, 0.717) is 19.4 Å². The van der Waals surface area contributed by atoms with Crippen LogP contribution in [0.3, 0.4) is 0 Å². The average Bonchev–Trinajstić information content (AvgIpc) is 3.02. The Kier molecular flexibility index (Phi) is 6.58. The Morgan fingerprint density at radius 2 is 1.96 bits per heavy atom. The van der Waals surface area contributed by atoms with Gasteiger partial charge < -0.3 is 9.47 Å². The molecule has 1 unspecified atom stereocenters. The fraction of sp³-hybridized carbons (Fsp3) is 0.579. The van der Waals surface area contributed by atoms with Crippen molar-refractivity contribution in [3.8, 4) is 0 Å². The fourth-order valence-electron chi connectivity index (χ4n) is 2.95. The van der Waals surface area contributed by atoms with E-state index < -0.39 is 30.0 Å². The number of hydrogen-bond acceptors (Lipinski definition) is 5. The topological polar surface area (TPSA) is 67.9 Å². The second kappa shape index (κ2) is 8.49. The van der Waals surface area contributed by atoms with E-state index in [2.05, 4.69) is 5.32 Å². The van der Waals surface area contributed by atoms with Crippen molar-refractivity contribution < 1.29 is 23.5 Å². The number of nitrogens with one attached hydrogen (secondary N) is 1. The maximum Gasteiger partial charge on any atom is 0.412 e. The molecular formula is C19H27FN2O4. The highest BCUT2D eigenvalue weighted by Crippen LogP contribution is 2.31. The smallest absolute Gasteiger partial charge is 0.412 e. The number of esters is 1. The quantitative estimate of drug-likeness (QED) is 0.784. The van der Waals surface area contributed by atoms with Gasteiger partial charge >= 0.3 is 12.1 Å². The fourth-order valence-corrected chi connectivity index (χ4v) is 2.95. The van der Waals surface area contributed by atoms with Crippen LogP contribution >= 0.6 is 0 Å². The number of carbonyl (C=O) groups is 2. The molecule has 0 aliphatic carbocycles. The van der Waals surface area contributed by atoms with Crippen LogP contribution in [0.4, 0.5) is 9.18 Å². The van der Waals surface area contributed by atoms with Crippen molar-refractivity contribution in [3.05, 3.63) is 35.9 Å². The molecule has 144 valence electrons. The maximum atomic E-state index is 12.8. The normalized spacial score (nSPS) is 20.1. The number of benzene rings is 1. The Labute approximate surface area is 153 Å². The van der Waals surface area contributed by atoms with Crippen LogP contribution in [-0.4, -0.2) is 48.0 Å². The highest BCUT2D eigenvalue weighted by molar-refractivity contribution is 5.86. The highest BCUT2D eigenvalue weighted by atomic mass is 19.1. The molecule has 1 fully saturated rings. The molecule has 1 aliphatic rings. The average molecular weight is 366 g/mol. The minimum absolute atomic E-state index is 0.0539. The van der Waals surface area contributed by atoms with Crippen molar-refractivity contribution in [1.82, 2.24) is 10.2 Å². The molecule has 0 radical (unpaired) electrons. The summed E-state index contributed by atoms with van der Waals surface area (Å²) < 4.78 is 23.6. The molecule has 1 heterocycles. The summed E-state index contributed by atoms with van der Waals surface area (Å²) in [7, 11) is 0. The molecular weight excluding hydrogens is 339 g/mol. The van der Waals surface area contributed by atoms with E-state index in [0.717, 1.165) is 5.56 Å². The zero-order valence-corrected chi connectivity index (χ0v) is 15.6.